The third kappa shape index (κ3) is 12.2. The summed E-state index contributed by atoms with van der Waals surface area (Å²) in [5.74, 6) is 2.39. The highest BCUT2D eigenvalue weighted by Crippen LogP contribution is 2.65. The average Bonchev–Trinajstić information content (AvgIpc) is 1.51. The maximum absolute atomic E-state index is 6.82. The van der Waals surface area contributed by atoms with Crippen LogP contribution in [0.5, 0.6) is 0 Å². The highest BCUT2D eigenvalue weighted by atomic mass is 16.4. The van der Waals surface area contributed by atoms with Crippen LogP contribution in [-0.4, -0.2) is 20.4 Å². The minimum absolute atomic E-state index is 0.0113. The number of aromatic nitrogens is 4. The zero-order valence-corrected chi connectivity index (χ0v) is 66.1. The van der Waals surface area contributed by atoms with Crippen LogP contribution in [0.2, 0.25) is 0 Å². The van der Waals surface area contributed by atoms with Gasteiger partial charge in [-0.05, 0) is 225 Å². The van der Waals surface area contributed by atoms with Gasteiger partial charge in [-0.1, -0.05) is 326 Å². The lowest BCUT2D eigenvalue weighted by atomic mass is 9.70. The molecule has 1 spiro atoms. The molecule has 6 heteroatoms. The van der Waals surface area contributed by atoms with Gasteiger partial charge in [0.05, 0.1) is 5.41 Å². The monoisotopic (exact) mass is 1420 g/mol. The lowest BCUT2D eigenvalue weighted by Gasteiger charge is -2.33. The van der Waals surface area contributed by atoms with Gasteiger partial charge in [-0.15, -0.1) is 20.4 Å². The summed E-state index contributed by atoms with van der Waals surface area (Å²) in [6.07, 6.45) is 29.6. The van der Waals surface area contributed by atoms with E-state index in [0.717, 1.165) is 47.9 Å². The molecule has 0 amide bonds. The Morgan fingerprint density at radius 2 is 0.565 bits per heavy atom. The Kier molecular flexibility index (Phi) is 20.5. The van der Waals surface area contributed by atoms with Gasteiger partial charge >= 0.3 is 0 Å². The number of fused-ring (bicyclic) bond motifs is 19. The van der Waals surface area contributed by atoms with Gasteiger partial charge in [0.2, 0.25) is 23.6 Å². The van der Waals surface area contributed by atoms with Gasteiger partial charge in [-0.25, -0.2) is 0 Å². The normalized spacial score (nSPS) is 14.6. The number of rotatable bonds is 28. The van der Waals surface area contributed by atoms with E-state index in [0.29, 0.717) is 23.6 Å². The van der Waals surface area contributed by atoms with E-state index in [1.807, 2.05) is 0 Å². The van der Waals surface area contributed by atoms with E-state index in [-0.39, 0.29) is 21.7 Å². The molecule has 6 nitrogen and oxygen atoms in total. The van der Waals surface area contributed by atoms with E-state index in [1.54, 1.807) is 0 Å². The zero-order chi connectivity index (χ0) is 74.3. The molecule has 550 valence electrons. The predicted molar refractivity (Wildman–Crippen MR) is 449 cm³/mol. The lowest BCUT2D eigenvalue weighted by molar-refractivity contribution is 0.400. The summed E-state index contributed by atoms with van der Waals surface area (Å²) in [6, 6.07) is 73.4. The Hall–Kier alpha value is -9.52. The van der Waals surface area contributed by atoms with Crippen LogP contribution in [0.15, 0.2) is 203 Å². The van der Waals surface area contributed by atoms with Crippen molar-refractivity contribution in [3.05, 3.63) is 272 Å². The topological polar surface area (TPSA) is 77.8 Å². The molecular formula is C102H110N4O2. The van der Waals surface area contributed by atoms with E-state index >= 15 is 0 Å². The summed E-state index contributed by atoms with van der Waals surface area (Å²) in [5.41, 5.74) is 36.3. The molecule has 5 aliphatic rings. The van der Waals surface area contributed by atoms with Crippen LogP contribution in [0, 0.1) is 27.7 Å². The van der Waals surface area contributed by atoms with Crippen molar-refractivity contribution in [3.8, 4) is 101 Å². The Labute approximate surface area is 643 Å². The predicted octanol–water partition coefficient (Wildman–Crippen LogP) is 28.7. The van der Waals surface area contributed by atoms with E-state index in [1.165, 1.54) is 262 Å². The molecule has 2 aromatic heterocycles. The molecule has 17 rings (SSSR count). The van der Waals surface area contributed by atoms with Gasteiger partial charge in [0.1, 0.15) is 0 Å². The second-order valence-electron chi connectivity index (χ2n) is 32.8. The molecule has 5 aliphatic carbocycles. The van der Waals surface area contributed by atoms with Gasteiger partial charge in [-0.2, -0.15) is 0 Å². The molecule has 12 aromatic rings. The maximum Gasteiger partial charge on any atom is 0.248 e. The molecule has 108 heavy (non-hydrogen) atoms. The third-order valence-electron chi connectivity index (χ3n) is 25.8. The smallest absolute Gasteiger partial charge is 0.248 e. The molecule has 0 N–H and O–H groups in total. The van der Waals surface area contributed by atoms with Gasteiger partial charge in [0.25, 0.3) is 0 Å². The molecule has 0 radical (unpaired) electrons. The third-order valence-corrected chi connectivity index (χ3v) is 25.8. The summed E-state index contributed by atoms with van der Waals surface area (Å²) >= 11 is 0. The van der Waals surface area contributed by atoms with E-state index in [4.69, 9.17) is 29.2 Å². The Morgan fingerprint density at radius 3 is 1.00 bits per heavy atom. The largest absolute Gasteiger partial charge is 0.416 e. The van der Waals surface area contributed by atoms with E-state index in [9.17, 15) is 0 Å². The summed E-state index contributed by atoms with van der Waals surface area (Å²) in [4.78, 5) is 0. The van der Waals surface area contributed by atoms with Crippen LogP contribution in [0.1, 0.15) is 274 Å². The Bertz CT molecular complexity index is 5230. The van der Waals surface area contributed by atoms with E-state index < -0.39 is 0 Å². The number of hydrogen-bond acceptors (Lipinski definition) is 6. The fraction of sp³-hybridized carbons (Fsp3) is 0.373. The number of aryl methyl sites for hydroxylation is 4. The summed E-state index contributed by atoms with van der Waals surface area (Å²) in [7, 11) is 0. The summed E-state index contributed by atoms with van der Waals surface area (Å²) in [5, 5.41) is 19.2. The fourth-order valence-corrected chi connectivity index (χ4v) is 21.1. The quantitative estimate of drug-likeness (QED) is 0.0455. The first-order valence-corrected chi connectivity index (χ1v) is 41.8. The van der Waals surface area contributed by atoms with Crippen molar-refractivity contribution in [2.75, 3.05) is 0 Å². The fourth-order valence-electron chi connectivity index (χ4n) is 21.1. The molecule has 0 bridgehead atoms. The minimum Gasteiger partial charge on any atom is -0.416 e. The molecule has 0 aliphatic heterocycles. The van der Waals surface area contributed by atoms with Crippen LogP contribution >= 0.6 is 0 Å². The SMILES string of the molecule is CCCCCCC1(CCCCCC)c2cc(C)ccc2-c2c(-c3nnc(-c4ccc5c(c4)-c4ccccc4C54c5ccccc5-c5ccccc54)o3)cc(C)cc21.CCCCCCC1(CCCCCC)c2cc(C)ccc2-c2c(-c3nnc(-c4ccc5c(c4)C(CCC)(CCC)c4ccccc4-5)o3)cc(C)cc21. The molecule has 0 saturated carbocycles. The van der Waals surface area contributed by atoms with E-state index in [2.05, 4.69) is 263 Å². The number of benzene rings is 10. The van der Waals surface area contributed by atoms with Crippen molar-refractivity contribution in [2.24, 2.45) is 0 Å². The van der Waals surface area contributed by atoms with Crippen LogP contribution in [-0.2, 0) is 21.7 Å². The molecule has 0 saturated heterocycles. The van der Waals surface area contributed by atoms with Crippen molar-refractivity contribution in [2.45, 2.75) is 245 Å². The van der Waals surface area contributed by atoms with Gasteiger partial charge in [-0.3, -0.25) is 0 Å². The minimum atomic E-state index is -0.370. The standard InChI is InChI=1S/C54H52N2O.C48H58N2O/c1-5-7-9-17-29-53(30-18-10-8-6-2)48-32-35(3)25-27-41(48)50-43(31-36(4)33-49(50)53)52-56-55-51(57-52)37-26-28-47-42(34-37)40-21-13-16-24-46(40)54(47)44-22-14-11-19-38(44)39-20-12-15-23-45(39)54;1-7-11-13-17-27-48(28-18-14-12-8-2)41-30-33(5)21-23-38(41)44-39(29-34(6)31-43(44)48)46-50-49-45(51-46)35-22-24-37-36-19-15-16-20-40(36)47(25-9-3,26-10-4)42(37)32-35/h11-16,19-28,31-34H,5-10,17-18,29-30H2,1-4H3;15-16,19-24,29-32H,7-14,17-18,25-28H2,1-6H3. The summed E-state index contributed by atoms with van der Waals surface area (Å²) in [6.45, 7) is 22.9. The first-order valence-electron chi connectivity index (χ1n) is 41.8. The van der Waals surface area contributed by atoms with Crippen molar-refractivity contribution in [1.82, 2.24) is 20.4 Å². The van der Waals surface area contributed by atoms with Crippen molar-refractivity contribution < 1.29 is 8.83 Å². The van der Waals surface area contributed by atoms with Crippen LogP contribution < -0.4 is 0 Å². The number of hydrogen-bond donors (Lipinski definition) is 0. The Balaban J connectivity index is 0.000000166. The van der Waals surface area contributed by atoms with Crippen LogP contribution in [0.25, 0.3) is 101 Å². The van der Waals surface area contributed by atoms with Gasteiger partial charge in [0, 0.05) is 38.5 Å². The van der Waals surface area contributed by atoms with Gasteiger partial charge < -0.3 is 8.83 Å². The number of nitrogens with zero attached hydrogens (tertiary/aromatic N) is 4. The second kappa shape index (κ2) is 30.5. The molecule has 2 heterocycles. The van der Waals surface area contributed by atoms with Crippen molar-refractivity contribution >= 4 is 0 Å². The molecule has 0 fully saturated rings. The lowest BCUT2D eigenvalue weighted by Crippen LogP contribution is -2.26. The Morgan fingerprint density at radius 1 is 0.231 bits per heavy atom. The van der Waals surface area contributed by atoms with Crippen molar-refractivity contribution in [1.29, 1.82) is 0 Å². The molecule has 10 aromatic carbocycles. The van der Waals surface area contributed by atoms with Crippen molar-refractivity contribution in [3.63, 3.8) is 0 Å². The average molecular weight is 1420 g/mol. The first-order chi connectivity index (χ1) is 52.9. The summed E-state index contributed by atoms with van der Waals surface area (Å²) < 4.78 is 13.6. The maximum atomic E-state index is 6.82. The number of unbranched alkanes of at least 4 members (excludes halogenated alkanes) is 12. The zero-order valence-electron chi connectivity index (χ0n) is 66.1. The van der Waals surface area contributed by atoms with Crippen LogP contribution in [0.4, 0.5) is 0 Å². The first kappa shape index (κ1) is 72.7. The highest BCUT2D eigenvalue weighted by molar-refractivity contribution is 5.97. The van der Waals surface area contributed by atoms with Gasteiger partial charge in [0.15, 0.2) is 0 Å². The molecular weight excluding hydrogens is 1310 g/mol. The highest BCUT2D eigenvalue weighted by Gasteiger charge is 2.52. The second-order valence-corrected chi connectivity index (χ2v) is 32.8. The molecule has 0 unspecified atom stereocenters. The molecule has 0 atom stereocenters. The van der Waals surface area contributed by atoms with Crippen LogP contribution in [0.3, 0.4) is 0 Å².